The van der Waals surface area contributed by atoms with E-state index in [9.17, 15) is 14.7 Å². The van der Waals surface area contributed by atoms with Gasteiger partial charge in [-0.15, -0.1) is 11.3 Å². The molecule has 0 aliphatic heterocycles. The highest BCUT2D eigenvalue weighted by Gasteiger charge is 2.16. The molecule has 2 aromatic carbocycles. The molecule has 1 amide bonds. The molecule has 0 atom stereocenters. The van der Waals surface area contributed by atoms with Crippen LogP contribution < -0.4 is 11.0 Å². The van der Waals surface area contributed by atoms with Crippen molar-refractivity contribution in [1.82, 2.24) is 15.0 Å². The van der Waals surface area contributed by atoms with Gasteiger partial charge < -0.3 is 5.11 Å². The summed E-state index contributed by atoms with van der Waals surface area (Å²) in [4.78, 5) is 32.0. The number of phenolic OH excluding ortho intramolecular Hbond substituents is 1. The summed E-state index contributed by atoms with van der Waals surface area (Å²) in [5.74, 6) is -0.253. The van der Waals surface area contributed by atoms with Crippen LogP contribution in [0, 0.1) is 0 Å². The Morgan fingerprint density at radius 1 is 1.22 bits per heavy atom. The molecule has 0 saturated heterocycles. The van der Waals surface area contributed by atoms with E-state index < -0.39 is 0 Å². The molecule has 4 rings (SSSR count). The number of benzene rings is 2. The summed E-state index contributed by atoms with van der Waals surface area (Å²) in [6, 6.07) is 17.8. The van der Waals surface area contributed by atoms with Crippen molar-refractivity contribution in [2.45, 2.75) is 18.5 Å². The number of para-hydroxylation sites is 2. The fourth-order valence-corrected chi connectivity index (χ4v) is 4.83. The van der Waals surface area contributed by atoms with Gasteiger partial charge in [-0.1, -0.05) is 49.0 Å². The summed E-state index contributed by atoms with van der Waals surface area (Å²) in [6.45, 7) is 2.04. The topological polar surface area (TPSA) is 96.6 Å². The highest BCUT2D eigenvalue weighted by Crippen LogP contribution is 2.26. The Hall–Kier alpha value is -3.43. The number of thiophene rings is 1. The molecule has 162 valence electrons. The molecular weight excluding hydrogens is 444 g/mol. The first-order chi connectivity index (χ1) is 15.6. The van der Waals surface area contributed by atoms with Gasteiger partial charge in [0.1, 0.15) is 10.6 Å². The van der Waals surface area contributed by atoms with E-state index in [1.165, 1.54) is 39.9 Å². The van der Waals surface area contributed by atoms with E-state index in [2.05, 4.69) is 15.5 Å². The van der Waals surface area contributed by atoms with Gasteiger partial charge >= 0.3 is 0 Å². The zero-order valence-corrected chi connectivity index (χ0v) is 18.8. The number of aromatic nitrogens is 2. The van der Waals surface area contributed by atoms with Crippen LogP contribution in [0.15, 0.2) is 75.7 Å². The molecule has 4 aromatic rings. The van der Waals surface area contributed by atoms with Crippen LogP contribution in [0.3, 0.4) is 0 Å². The Balaban J connectivity index is 1.57. The van der Waals surface area contributed by atoms with Crippen molar-refractivity contribution in [2.75, 3.05) is 5.75 Å². The molecule has 2 aromatic heterocycles. The lowest BCUT2D eigenvalue weighted by atomic mass is 10.2. The van der Waals surface area contributed by atoms with Gasteiger partial charge in [0.05, 0.1) is 23.0 Å². The third-order valence-corrected chi connectivity index (χ3v) is 6.72. The summed E-state index contributed by atoms with van der Waals surface area (Å²) in [6.07, 6.45) is 2.20. The number of hydrazone groups is 1. The van der Waals surface area contributed by atoms with Crippen molar-refractivity contribution in [3.8, 4) is 11.4 Å². The number of fused-ring (bicyclic) bond motifs is 1. The standard InChI is InChI=1S/C23H20N4O3S2/c1-2-17-12-18-21(32-17)25-23(27(22(18)30)16-9-4-3-5-10-16)31-14-20(29)26-24-13-15-8-6-7-11-19(15)28/h3-13,28H,2,14H2,1H3,(H,26,29). The van der Waals surface area contributed by atoms with Crippen molar-refractivity contribution in [3.05, 3.63) is 81.5 Å². The minimum Gasteiger partial charge on any atom is -0.507 e. The quantitative estimate of drug-likeness (QED) is 0.187. The maximum atomic E-state index is 13.3. The lowest BCUT2D eigenvalue weighted by Crippen LogP contribution is -2.23. The summed E-state index contributed by atoms with van der Waals surface area (Å²) in [5, 5.41) is 14.7. The highest BCUT2D eigenvalue weighted by atomic mass is 32.2. The SMILES string of the molecule is CCc1cc2c(=O)n(-c3ccccc3)c(SCC(=O)NN=Cc3ccccc3O)nc2s1. The third kappa shape index (κ3) is 4.74. The summed E-state index contributed by atoms with van der Waals surface area (Å²) < 4.78 is 1.54. The van der Waals surface area contributed by atoms with E-state index in [-0.39, 0.29) is 23.0 Å². The lowest BCUT2D eigenvalue weighted by molar-refractivity contribution is -0.118. The Kier molecular flexibility index (Phi) is 6.67. The Morgan fingerprint density at radius 2 is 1.97 bits per heavy atom. The van der Waals surface area contributed by atoms with Crippen LogP contribution in [0.25, 0.3) is 15.9 Å². The average Bonchev–Trinajstić information content (AvgIpc) is 3.23. The molecule has 9 heteroatoms. The van der Waals surface area contributed by atoms with E-state index in [4.69, 9.17) is 0 Å². The third-order valence-electron chi connectivity index (χ3n) is 4.61. The zero-order valence-electron chi connectivity index (χ0n) is 17.2. The maximum Gasteiger partial charge on any atom is 0.267 e. The summed E-state index contributed by atoms with van der Waals surface area (Å²) >= 11 is 2.66. The number of aromatic hydroxyl groups is 1. The number of aryl methyl sites for hydroxylation is 1. The van der Waals surface area contributed by atoms with Gasteiger partial charge in [-0.25, -0.2) is 10.4 Å². The van der Waals surface area contributed by atoms with E-state index in [1.54, 1.807) is 18.2 Å². The van der Waals surface area contributed by atoms with Crippen LogP contribution in [-0.2, 0) is 11.2 Å². The van der Waals surface area contributed by atoms with Crippen LogP contribution in [0.4, 0.5) is 0 Å². The van der Waals surface area contributed by atoms with Crippen molar-refractivity contribution in [2.24, 2.45) is 5.10 Å². The van der Waals surface area contributed by atoms with Gasteiger partial charge in [0.15, 0.2) is 5.16 Å². The minimum absolute atomic E-state index is 0.0227. The second kappa shape index (κ2) is 9.80. The fourth-order valence-electron chi connectivity index (χ4n) is 3.02. The van der Waals surface area contributed by atoms with Gasteiger partial charge in [0, 0.05) is 10.4 Å². The molecule has 0 fully saturated rings. The number of hydrogen-bond donors (Lipinski definition) is 2. The normalized spacial score (nSPS) is 11.3. The van der Waals surface area contributed by atoms with Crippen LogP contribution in [0.1, 0.15) is 17.4 Å². The molecule has 7 nitrogen and oxygen atoms in total. The van der Waals surface area contributed by atoms with Crippen LogP contribution >= 0.6 is 23.1 Å². The molecule has 32 heavy (non-hydrogen) atoms. The smallest absolute Gasteiger partial charge is 0.267 e. The summed E-state index contributed by atoms with van der Waals surface area (Å²) in [5.41, 5.74) is 3.47. The van der Waals surface area contributed by atoms with Gasteiger partial charge in [-0.2, -0.15) is 5.10 Å². The van der Waals surface area contributed by atoms with E-state index >= 15 is 0 Å². The van der Waals surface area contributed by atoms with Gasteiger partial charge in [-0.3, -0.25) is 14.2 Å². The maximum absolute atomic E-state index is 13.3. The predicted molar refractivity (Wildman–Crippen MR) is 129 cm³/mol. The average molecular weight is 465 g/mol. The molecule has 0 aliphatic carbocycles. The first-order valence-corrected chi connectivity index (χ1v) is 11.7. The number of hydrogen-bond acceptors (Lipinski definition) is 7. The Bertz CT molecular complexity index is 1350. The van der Waals surface area contributed by atoms with Gasteiger partial charge in [0.25, 0.3) is 11.5 Å². The van der Waals surface area contributed by atoms with Gasteiger partial charge in [0.2, 0.25) is 0 Å². The van der Waals surface area contributed by atoms with E-state index in [0.717, 1.165) is 11.3 Å². The van der Waals surface area contributed by atoms with Crippen molar-refractivity contribution in [1.29, 1.82) is 0 Å². The zero-order chi connectivity index (χ0) is 22.5. The Morgan fingerprint density at radius 3 is 2.72 bits per heavy atom. The van der Waals surface area contributed by atoms with Crippen molar-refractivity contribution < 1.29 is 9.90 Å². The molecular formula is C23H20N4O3S2. The van der Waals surface area contributed by atoms with Gasteiger partial charge in [-0.05, 0) is 36.8 Å². The Labute approximate surface area is 192 Å². The van der Waals surface area contributed by atoms with E-state index in [0.29, 0.717) is 26.6 Å². The van der Waals surface area contributed by atoms with Crippen LogP contribution in [0.2, 0.25) is 0 Å². The van der Waals surface area contributed by atoms with Crippen LogP contribution in [-0.4, -0.2) is 32.5 Å². The molecule has 0 aliphatic rings. The van der Waals surface area contributed by atoms with Crippen molar-refractivity contribution >= 4 is 45.4 Å². The molecule has 0 saturated carbocycles. The van der Waals surface area contributed by atoms with Crippen molar-refractivity contribution in [3.63, 3.8) is 0 Å². The van der Waals surface area contributed by atoms with E-state index in [1.807, 2.05) is 43.3 Å². The number of rotatable bonds is 7. The number of nitrogens with one attached hydrogen (secondary N) is 1. The number of amides is 1. The highest BCUT2D eigenvalue weighted by molar-refractivity contribution is 7.99. The number of phenols is 1. The largest absolute Gasteiger partial charge is 0.507 e. The monoisotopic (exact) mass is 464 g/mol. The molecule has 0 bridgehead atoms. The number of carbonyl (C=O) groups excluding carboxylic acids is 1. The summed E-state index contributed by atoms with van der Waals surface area (Å²) in [7, 11) is 0. The molecule has 2 heterocycles. The van der Waals surface area contributed by atoms with Crippen LogP contribution in [0.5, 0.6) is 5.75 Å². The number of carbonyl (C=O) groups is 1. The predicted octanol–water partition coefficient (Wildman–Crippen LogP) is 3.96. The second-order valence-corrected chi connectivity index (χ2v) is 8.85. The molecule has 0 unspecified atom stereocenters. The fraction of sp³-hybridized carbons (Fsp3) is 0.130. The first-order valence-electron chi connectivity index (χ1n) is 9.90. The molecule has 2 N–H and O–H groups in total. The molecule has 0 radical (unpaired) electrons. The minimum atomic E-state index is -0.351. The molecule has 0 spiro atoms. The number of thioether (sulfide) groups is 1. The number of nitrogens with zero attached hydrogens (tertiary/aromatic N) is 3. The first kappa shape index (κ1) is 21.8. The lowest BCUT2D eigenvalue weighted by Gasteiger charge is -2.11. The second-order valence-electron chi connectivity index (χ2n) is 6.80.